The second-order valence-corrected chi connectivity index (χ2v) is 4.70. The van der Waals surface area contributed by atoms with Crippen LogP contribution in [0, 0.1) is 0 Å². The second kappa shape index (κ2) is 5.35. The molecule has 0 bridgehead atoms. The Morgan fingerprint density at radius 3 is 3.00 bits per heavy atom. The Labute approximate surface area is 121 Å². The van der Waals surface area contributed by atoms with Crippen molar-refractivity contribution in [2.45, 2.75) is 19.9 Å². The molecule has 7 nitrogen and oxygen atoms in total. The zero-order valence-electron chi connectivity index (χ0n) is 11.8. The maximum atomic E-state index is 12.2. The van der Waals surface area contributed by atoms with Gasteiger partial charge in [-0.3, -0.25) is 4.79 Å². The van der Waals surface area contributed by atoms with Crippen LogP contribution in [0.5, 0.6) is 0 Å². The highest BCUT2D eigenvalue weighted by Crippen LogP contribution is 2.18. The fourth-order valence-electron chi connectivity index (χ4n) is 2.09. The summed E-state index contributed by atoms with van der Waals surface area (Å²) in [6.45, 7) is 2.34. The normalized spacial score (nSPS) is 11.0. The Kier molecular flexibility index (Phi) is 3.39. The van der Waals surface area contributed by atoms with Crippen LogP contribution in [0.2, 0.25) is 0 Å². The molecule has 0 unspecified atom stereocenters. The lowest BCUT2D eigenvalue weighted by atomic mass is 10.1. The van der Waals surface area contributed by atoms with E-state index in [1.54, 1.807) is 12.3 Å². The van der Waals surface area contributed by atoms with Crippen molar-refractivity contribution in [3.8, 4) is 0 Å². The van der Waals surface area contributed by atoms with Gasteiger partial charge in [0, 0.05) is 25.6 Å². The predicted molar refractivity (Wildman–Crippen MR) is 75.6 cm³/mol. The number of imidazole rings is 1. The van der Waals surface area contributed by atoms with Gasteiger partial charge in [-0.05, 0) is 12.5 Å². The molecule has 0 atom stereocenters. The van der Waals surface area contributed by atoms with Gasteiger partial charge >= 0.3 is 0 Å². The van der Waals surface area contributed by atoms with Crippen molar-refractivity contribution >= 4 is 17.0 Å². The van der Waals surface area contributed by atoms with Gasteiger partial charge in [-0.25, -0.2) is 9.97 Å². The van der Waals surface area contributed by atoms with Crippen molar-refractivity contribution in [3.05, 3.63) is 41.7 Å². The SMILES string of the molecule is CCc1noc2ncc(C(=O)NCc3nccn3C)cc12. The molecule has 1 N–H and O–H groups in total. The first-order valence-electron chi connectivity index (χ1n) is 6.67. The van der Waals surface area contributed by atoms with Gasteiger partial charge in [0.25, 0.3) is 11.6 Å². The standard InChI is InChI=1S/C14H15N5O2/c1-3-11-10-6-9(7-17-14(10)21-18-11)13(20)16-8-12-15-4-5-19(12)2/h4-7H,3,8H2,1-2H3,(H,16,20). The Morgan fingerprint density at radius 2 is 2.29 bits per heavy atom. The van der Waals surface area contributed by atoms with Gasteiger partial charge in [0.05, 0.1) is 23.2 Å². The minimum absolute atomic E-state index is 0.198. The first-order chi connectivity index (χ1) is 10.2. The summed E-state index contributed by atoms with van der Waals surface area (Å²) in [6, 6.07) is 1.76. The summed E-state index contributed by atoms with van der Waals surface area (Å²) in [7, 11) is 1.88. The number of fused-ring (bicyclic) bond motifs is 1. The van der Waals surface area contributed by atoms with Crippen LogP contribution in [0.15, 0.2) is 29.2 Å². The fraction of sp³-hybridized carbons (Fsp3) is 0.286. The molecule has 0 aliphatic carbocycles. The molecule has 0 saturated carbocycles. The second-order valence-electron chi connectivity index (χ2n) is 4.70. The molecule has 0 aliphatic rings. The van der Waals surface area contributed by atoms with E-state index in [2.05, 4.69) is 20.4 Å². The molecule has 3 aromatic heterocycles. The lowest BCUT2D eigenvalue weighted by Gasteiger charge is -2.05. The minimum atomic E-state index is -0.198. The Morgan fingerprint density at radius 1 is 1.43 bits per heavy atom. The van der Waals surface area contributed by atoms with Crippen LogP contribution in [0.4, 0.5) is 0 Å². The van der Waals surface area contributed by atoms with E-state index in [9.17, 15) is 4.79 Å². The molecule has 3 heterocycles. The van der Waals surface area contributed by atoms with Gasteiger partial charge in [0.15, 0.2) is 0 Å². The average Bonchev–Trinajstić information content (AvgIpc) is 3.09. The number of amides is 1. The van der Waals surface area contributed by atoms with Crippen molar-refractivity contribution in [3.63, 3.8) is 0 Å². The highest BCUT2D eigenvalue weighted by molar-refractivity contribution is 5.96. The van der Waals surface area contributed by atoms with Gasteiger partial charge in [0.2, 0.25) is 0 Å². The number of rotatable bonds is 4. The molecule has 0 spiro atoms. The van der Waals surface area contributed by atoms with E-state index in [1.807, 2.05) is 24.7 Å². The van der Waals surface area contributed by atoms with Gasteiger partial charge < -0.3 is 14.4 Å². The van der Waals surface area contributed by atoms with Crippen LogP contribution < -0.4 is 5.32 Å². The smallest absolute Gasteiger partial charge is 0.257 e. The van der Waals surface area contributed by atoms with Crippen LogP contribution in [0.3, 0.4) is 0 Å². The summed E-state index contributed by atoms with van der Waals surface area (Å²) in [5.74, 6) is 0.590. The lowest BCUT2D eigenvalue weighted by molar-refractivity contribution is 0.0949. The number of nitrogens with zero attached hydrogens (tertiary/aromatic N) is 4. The maximum Gasteiger partial charge on any atom is 0.257 e. The fourth-order valence-corrected chi connectivity index (χ4v) is 2.09. The van der Waals surface area contributed by atoms with Crippen LogP contribution in [-0.2, 0) is 20.0 Å². The summed E-state index contributed by atoms with van der Waals surface area (Å²) in [5, 5.41) is 7.53. The number of carbonyl (C=O) groups is 1. The molecular weight excluding hydrogens is 270 g/mol. The largest absolute Gasteiger partial charge is 0.345 e. The van der Waals surface area contributed by atoms with E-state index in [-0.39, 0.29) is 5.91 Å². The highest BCUT2D eigenvalue weighted by atomic mass is 16.5. The molecule has 21 heavy (non-hydrogen) atoms. The molecule has 0 fully saturated rings. The maximum absolute atomic E-state index is 12.2. The molecule has 0 aliphatic heterocycles. The average molecular weight is 285 g/mol. The topological polar surface area (TPSA) is 85.8 Å². The van der Waals surface area contributed by atoms with Gasteiger partial charge in [-0.1, -0.05) is 12.1 Å². The number of pyridine rings is 1. The summed E-state index contributed by atoms with van der Waals surface area (Å²) < 4.78 is 6.96. The summed E-state index contributed by atoms with van der Waals surface area (Å²) in [5.41, 5.74) is 1.73. The first-order valence-corrected chi connectivity index (χ1v) is 6.67. The molecule has 1 amide bonds. The third-order valence-electron chi connectivity index (χ3n) is 3.33. The highest BCUT2D eigenvalue weighted by Gasteiger charge is 2.13. The Balaban J connectivity index is 1.79. The number of hydrogen-bond donors (Lipinski definition) is 1. The van der Waals surface area contributed by atoms with Crippen LogP contribution >= 0.6 is 0 Å². The minimum Gasteiger partial charge on any atom is -0.345 e. The molecule has 0 radical (unpaired) electrons. The van der Waals surface area contributed by atoms with E-state index >= 15 is 0 Å². The zero-order valence-corrected chi connectivity index (χ0v) is 11.8. The van der Waals surface area contributed by atoms with Crippen molar-refractivity contribution in [2.24, 2.45) is 7.05 Å². The van der Waals surface area contributed by atoms with E-state index in [4.69, 9.17) is 4.52 Å². The van der Waals surface area contributed by atoms with Crippen LogP contribution in [-0.4, -0.2) is 25.6 Å². The molecule has 3 rings (SSSR count). The van der Waals surface area contributed by atoms with Gasteiger partial charge in [-0.2, -0.15) is 0 Å². The molecular formula is C14H15N5O2. The first kappa shape index (κ1) is 13.3. The number of aryl methyl sites for hydroxylation is 2. The monoisotopic (exact) mass is 285 g/mol. The lowest BCUT2D eigenvalue weighted by Crippen LogP contribution is -2.24. The van der Waals surface area contributed by atoms with Gasteiger partial charge in [-0.15, -0.1) is 0 Å². The number of nitrogens with one attached hydrogen (secondary N) is 1. The third-order valence-corrected chi connectivity index (χ3v) is 3.33. The quantitative estimate of drug-likeness (QED) is 0.784. The molecule has 0 saturated heterocycles. The Bertz CT molecular complexity index is 790. The molecule has 3 aromatic rings. The summed E-state index contributed by atoms with van der Waals surface area (Å²) >= 11 is 0. The van der Waals surface area contributed by atoms with E-state index < -0.39 is 0 Å². The van der Waals surface area contributed by atoms with E-state index in [0.717, 1.165) is 23.3 Å². The number of hydrogen-bond acceptors (Lipinski definition) is 5. The van der Waals surface area contributed by atoms with Gasteiger partial charge in [0.1, 0.15) is 5.82 Å². The van der Waals surface area contributed by atoms with Crippen molar-refractivity contribution in [1.82, 2.24) is 25.0 Å². The van der Waals surface area contributed by atoms with Crippen molar-refractivity contribution in [2.75, 3.05) is 0 Å². The molecule has 0 aromatic carbocycles. The summed E-state index contributed by atoms with van der Waals surface area (Å²) in [6.07, 6.45) is 5.74. The van der Waals surface area contributed by atoms with E-state index in [0.29, 0.717) is 17.8 Å². The number of aromatic nitrogens is 4. The van der Waals surface area contributed by atoms with Crippen molar-refractivity contribution < 1.29 is 9.32 Å². The van der Waals surface area contributed by atoms with E-state index in [1.165, 1.54) is 6.20 Å². The van der Waals surface area contributed by atoms with Crippen LogP contribution in [0.25, 0.3) is 11.1 Å². The third kappa shape index (κ3) is 2.49. The Hall–Kier alpha value is -2.70. The molecule has 7 heteroatoms. The van der Waals surface area contributed by atoms with Crippen molar-refractivity contribution in [1.29, 1.82) is 0 Å². The zero-order chi connectivity index (χ0) is 14.8. The molecule has 108 valence electrons. The predicted octanol–water partition coefficient (Wildman–Crippen LogP) is 1.45. The van der Waals surface area contributed by atoms with Crippen LogP contribution in [0.1, 0.15) is 28.8 Å². The number of carbonyl (C=O) groups excluding carboxylic acids is 1. The summed E-state index contributed by atoms with van der Waals surface area (Å²) in [4.78, 5) is 20.5.